The second-order valence-electron chi connectivity index (χ2n) is 6.27. The molecule has 3 heteroatoms. The molecule has 0 aromatic heterocycles. The van der Waals surface area contributed by atoms with Crippen molar-refractivity contribution < 1.29 is 14.0 Å². The maximum Gasteiger partial charge on any atom is 0.189 e. The minimum Gasteiger partial charge on any atom is -0.294 e. The lowest BCUT2D eigenvalue weighted by molar-refractivity contribution is 0.0998. The Kier molecular flexibility index (Phi) is 5.72. The number of Topliss-reactive ketones (excluding diaryl/α,β-unsaturated/α-hetero) is 2. The molecule has 0 aliphatic heterocycles. The lowest BCUT2D eigenvalue weighted by atomic mass is 9.90. The molecule has 0 fully saturated rings. The topological polar surface area (TPSA) is 34.1 Å². The molecular formula is C24H19FO2. The van der Waals surface area contributed by atoms with E-state index in [4.69, 9.17) is 0 Å². The van der Waals surface area contributed by atoms with Crippen molar-refractivity contribution in [2.45, 2.75) is 13.3 Å². The summed E-state index contributed by atoms with van der Waals surface area (Å²) >= 11 is 0. The van der Waals surface area contributed by atoms with Crippen molar-refractivity contribution in [1.82, 2.24) is 0 Å². The molecule has 0 N–H and O–H groups in total. The van der Waals surface area contributed by atoms with Crippen molar-refractivity contribution in [1.29, 1.82) is 0 Å². The van der Waals surface area contributed by atoms with Gasteiger partial charge in [-0.05, 0) is 42.3 Å². The predicted molar refractivity (Wildman–Crippen MR) is 105 cm³/mol. The van der Waals surface area contributed by atoms with Crippen molar-refractivity contribution >= 4 is 17.1 Å². The molecular weight excluding hydrogens is 339 g/mol. The average Bonchev–Trinajstić information content (AvgIpc) is 2.72. The molecule has 0 atom stereocenters. The number of carbonyl (C=O) groups is 2. The molecule has 2 nitrogen and oxygen atoms in total. The van der Waals surface area contributed by atoms with E-state index in [0.717, 1.165) is 5.56 Å². The first-order valence-electron chi connectivity index (χ1n) is 8.70. The molecule has 0 unspecified atom stereocenters. The van der Waals surface area contributed by atoms with Crippen LogP contribution < -0.4 is 0 Å². The zero-order chi connectivity index (χ0) is 19.2. The van der Waals surface area contributed by atoms with Crippen LogP contribution in [0.3, 0.4) is 0 Å². The van der Waals surface area contributed by atoms with E-state index in [0.29, 0.717) is 22.3 Å². The molecule has 0 bridgehead atoms. The summed E-state index contributed by atoms with van der Waals surface area (Å²) < 4.78 is 13.2. The molecule has 0 aliphatic rings. The van der Waals surface area contributed by atoms with Gasteiger partial charge in [0.1, 0.15) is 5.82 Å². The average molecular weight is 358 g/mol. The molecule has 0 spiro atoms. The molecule has 0 amide bonds. The van der Waals surface area contributed by atoms with Crippen LogP contribution in [0.25, 0.3) is 5.57 Å². The van der Waals surface area contributed by atoms with Gasteiger partial charge in [-0.15, -0.1) is 0 Å². The Hall–Kier alpha value is -3.33. The highest BCUT2D eigenvalue weighted by molar-refractivity contribution is 6.15. The number of allylic oxidation sites excluding steroid dienone is 2. The summed E-state index contributed by atoms with van der Waals surface area (Å²) in [6.45, 7) is 1.71. The summed E-state index contributed by atoms with van der Waals surface area (Å²) in [6.07, 6.45) is 0.118. The van der Waals surface area contributed by atoms with Crippen LogP contribution in [0.4, 0.5) is 4.39 Å². The maximum atomic E-state index is 13.2. The van der Waals surface area contributed by atoms with Gasteiger partial charge in [-0.1, -0.05) is 60.7 Å². The quantitative estimate of drug-likeness (QED) is 0.415. The maximum absolute atomic E-state index is 13.2. The Morgan fingerprint density at radius 2 is 1.22 bits per heavy atom. The highest BCUT2D eigenvalue weighted by Crippen LogP contribution is 2.26. The number of ketones is 2. The third kappa shape index (κ3) is 4.45. The van der Waals surface area contributed by atoms with Crippen LogP contribution in [-0.4, -0.2) is 11.6 Å². The molecule has 134 valence electrons. The van der Waals surface area contributed by atoms with E-state index in [2.05, 4.69) is 0 Å². The monoisotopic (exact) mass is 358 g/mol. The SMILES string of the molecule is CC(C(=O)c1ccc(F)cc1)=C(CC(=O)c1ccccc1)c1ccccc1. The van der Waals surface area contributed by atoms with Crippen LogP contribution in [0.1, 0.15) is 39.6 Å². The Bertz CT molecular complexity index is 972. The first-order chi connectivity index (χ1) is 13.1. The fourth-order valence-electron chi connectivity index (χ4n) is 2.93. The van der Waals surface area contributed by atoms with Gasteiger partial charge in [-0.25, -0.2) is 4.39 Å². The van der Waals surface area contributed by atoms with Crippen molar-refractivity contribution in [3.05, 3.63) is 113 Å². The second-order valence-corrected chi connectivity index (χ2v) is 6.27. The molecule has 0 saturated heterocycles. The number of carbonyl (C=O) groups excluding carboxylic acids is 2. The van der Waals surface area contributed by atoms with Gasteiger partial charge < -0.3 is 0 Å². The molecule has 27 heavy (non-hydrogen) atoms. The van der Waals surface area contributed by atoms with Crippen molar-refractivity contribution in [3.8, 4) is 0 Å². The van der Waals surface area contributed by atoms with E-state index < -0.39 is 5.82 Å². The van der Waals surface area contributed by atoms with Gasteiger partial charge in [-0.2, -0.15) is 0 Å². The number of benzene rings is 3. The predicted octanol–water partition coefficient (Wildman–Crippen LogP) is 5.76. The minimum absolute atomic E-state index is 0.0549. The van der Waals surface area contributed by atoms with Crippen molar-refractivity contribution in [3.63, 3.8) is 0 Å². The summed E-state index contributed by atoms with van der Waals surface area (Å²) in [5, 5.41) is 0. The molecule has 0 aliphatic carbocycles. The molecule has 3 rings (SSSR count). The van der Waals surface area contributed by atoms with Crippen molar-refractivity contribution in [2.75, 3.05) is 0 Å². The zero-order valence-corrected chi connectivity index (χ0v) is 15.0. The highest BCUT2D eigenvalue weighted by Gasteiger charge is 2.18. The highest BCUT2D eigenvalue weighted by atomic mass is 19.1. The van der Waals surface area contributed by atoms with Gasteiger partial charge in [0.05, 0.1) is 0 Å². The van der Waals surface area contributed by atoms with Gasteiger partial charge >= 0.3 is 0 Å². The van der Waals surface area contributed by atoms with E-state index in [1.807, 2.05) is 48.5 Å². The first kappa shape index (κ1) is 18.5. The number of halogens is 1. The lowest BCUT2D eigenvalue weighted by Crippen LogP contribution is -2.08. The van der Waals surface area contributed by atoms with Gasteiger partial charge in [0.2, 0.25) is 0 Å². The van der Waals surface area contributed by atoms with E-state index in [-0.39, 0.29) is 18.0 Å². The smallest absolute Gasteiger partial charge is 0.189 e. The van der Waals surface area contributed by atoms with E-state index >= 15 is 0 Å². The molecule has 0 radical (unpaired) electrons. The summed E-state index contributed by atoms with van der Waals surface area (Å²) in [6, 6.07) is 23.9. The lowest BCUT2D eigenvalue weighted by Gasteiger charge is -2.12. The fraction of sp³-hybridized carbons (Fsp3) is 0.0833. The standard InChI is InChI=1S/C24H19FO2/c1-17(24(27)20-12-14-21(25)15-13-20)22(18-8-4-2-5-9-18)16-23(26)19-10-6-3-7-11-19/h2-15H,16H2,1H3. The van der Waals surface area contributed by atoms with E-state index in [1.54, 1.807) is 19.1 Å². The van der Waals surface area contributed by atoms with Crippen LogP contribution in [0.5, 0.6) is 0 Å². The minimum atomic E-state index is -0.393. The van der Waals surface area contributed by atoms with Crippen LogP contribution >= 0.6 is 0 Å². The van der Waals surface area contributed by atoms with Gasteiger partial charge in [-0.3, -0.25) is 9.59 Å². The normalized spacial score (nSPS) is 11.6. The van der Waals surface area contributed by atoms with Crippen LogP contribution in [0, 0.1) is 5.82 Å². The second kappa shape index (κ2) is 8.37. The molecule has 0 heterocycles. The Morgan fingerprint density at radius 3 is 1.78 bits per heavy atom. The Morgan fingerprint density at radius 1 is 0.704 bits per heavy atom. The summed E-state index contributed by atoms with van der Waals surface area (Å²) in [7, 11) is 0. The van der Waals surface area contributed by atoms with E-state index in [9.17, 15) is 14.0 Å². The van der Waals surface area contributed by atoms with Crippen LogP contribution in [0.15, 0.2) is 90.5 Å². The Labute approximate surface area is 158 Å². The largest absolute Gasteiger partial charge is 0.294 e. The molecule has 3 aromatic rings. The fourth-order valence-corrected chi connectivity index (χ4v) is 2.93. The third-order valence-electron chi connectivity index (χ3n) is 4.46. The summed E-state index contributed by atoms with van der Waals surface area (Å²) in [5.74, 6) is -0.661. The van der Waals surface area contributed by atoms with Gasteiger partial charge in [0, 0.05) is 23.1 Å². The number of rotatable bonds is 6. The van der Waals surface area contributed by atoms with Gasteiger partial charge in [0.15, 0.2) is 11.6 Å². The zero-order valence-electron chi connectivity index (χ0n) is 15.0. The molecule has 3 aromatic carbocycles. The van der Waals surface area contributed by atoms with Gasteiger partial charge in [0.25, 0.3) is 0 Å². The van der Waals surface area contributed by atoms with Crippen molar-refractivity contribution in [2.24, 2.45) is 0 Å². The van der Waals surface area contributed by atoms with E-state index in [1.165, 1.54) is 24.3 Å². The first-order valence-corrected chi connectivity index (χ1v) is 8.70. The number of hydrogen-bond donors (Lipinski definition) is 0. The Balaban J connectivity index is 2.01. The van der Waals surface area contributed by atoms with Crippen LogP contribution in [-0.2, 0) is 0 Å². The van der Waals surface area contributed by atoms with Crippen LogP contribution in [0.2, 0.25) is 0 Å². The summed E-state index contributed by atoms with van der Waals surface area (Å²) in [4.78, 5) is 25.6. The third-order valence-corrected chi connectivity index (χ3v) is 4.46. The summed E-state index contributed by atoms with van der Waals surface area (Å²) in [5.41, 5.74) is 2.99. The molecule has 0 saturated carbocycles. The number of hydrogen-bond acceptors (Lipinski definition) is 2.